The highest BCUT2D eigenvalue weighted by Crippen LogP contribution is 2.24. The van der Waals surface area contributed by atoms with Gasteiger partial charge in [-0.15, -0.1) is 22.7 Å². The minimum atomic E-state index is -0.126. The maximum absolute atomic E-state index is 12.7. The highest BCUT2D eigenvalue weighted by Gasteiger charge is 2.29. The van der Waals surface area contributed by atoms with Crippen LogP contribution in [0.2, 0.25) is 0 Å². The zero-order valence-electron chi connectivity index (χ0n) is 15.2. The lowest BCUT2D eigenvalue weighted by molar-refractivity contribution is -0.126. The Hall–Kier alpha value is -1.70. The smallest absolute Gasteiger partial charge is 0.263 e. The highest BCUT2D eigenvalue weighted by molar-refractivity contribution is 7.12. The molecule has 7 heteroatoms. The number of rotatable bonds is 6. The molecule has 3 rings (SSSR count). The summed E-state index contributed by atoms with van der Waals surface area (Å²) in [4.78, 5) is 31.2. The predicted octanol–water partition coefficient (Wildman–Crippen LogP) is 3.08. The van der Waals surface area contributed by atoms with Crippen LogP contribution in [0.1, 0.15) is 33.4 Å². The summed E-state index contributed by atoms with van der Waals surface area (Å²) >= 11 is 3.16. The molecular weight excluding hydrogens is 366 g/mol. The molecule has 2 aromatic rings. The summed E-state index contributed by atoms with van der Waals surface area (Å²) in [5, 5.41) is 7.08. The van der Waals surface area contributed by atoms with Gasteiger partial charge in [-0.2, -0.15) is 0 Å². The molecule has 5 nitrogen and oxygen atoms in total. The third-order valence-electron chi connectivity index (χ3n) is 4.78. The van der Waals surface area contributed by atoms with Crippen molar-refractivity contribution in [3.63, 3.8) is 0 Å². The van der Waals surface area contributed by atoms with E-state index in [2.05, 4.69) is 21.7 Å². The van der Waals surface area contributed by atoms with Crippen molar-refractivity contribution in [1.82, 2.24) is 15.1 Å². The first-order valence-corrected chi connectivity index (χ1v) is 10.6. The molecule has 2 aromatic heterocycles. The van der Waals surface area contributed by atoms with E-state index in [1.807, 2.05) is 42.6 Å². The van der Waals surface area contributed by atoms with E-state index in [0.29, 0.717) is 13.1 Å². The normalized spacial score (nSPS) is 18.7. The molecular formula is C19H25N3O2S2. The van der Waals surface area contributed by atoms with E-state index in [1.54, 1.807) is 11.3 Å². The number of nitrogens with one attached hydrogen (secondary N) is 1. The van der Waals surface area contributed by atoms with Crippen molar-refractivity contribution in [3.8, 4) is 0 Å². The van der Waals surface area contributed by atoms with Gasteiger partial charge in [0, 0.05) is 24.5 Å². The van der Waals surface area contributed by atoms with Gasteiger partial charge in [0.15, 0.2) is 0 Å². The second-order valence-electron chi connectivity index (χ2n) is 6.81. The van der Waals surface area contributed by atoms with Crippen molar-refractivity contribution in [2.45, 2.75) is 18.9 Å². The molecule has 1 saturated heterocycles. The van der Waals surface area contributed by atoms with E-state index in [1.165, 1.54) is 16.2 Å². The number of piperidine rings is 1. The molecule has 0 unspecified atom stereocenters. The lowest BCUT2D eigenvalue weighted by Crippen LogP contribution is -2.46. The monoisotopic (exact) mass is 391 g/mol. The molecule has 1 N–H and O–H groups in total. The molecule has 1 fully saturated rings. The molecule has 3 heterocycles. The van der Waals surface area contributed by atoms with Gasteiger partial charge in [0.2, 0.25) is 5.91 Å². The number of likely N-dealkylation sites (N-methyl/N-ethyl adjacent to an activating group) is 1. The zero-order chi connectivity index (χ0) is 18.5. The zero-order valence-corrected chi connectivity index (χ0v) is 16.8. The van der Waals surface area contributed by atoms with E-state index >= 15 is 0 Å². The highest BCUT2D eigenvalue weighted by atomic mass is 32.1. The average molecular weight is 392 g/mol. The number of carbonyl (C=O) groups is 2. The number of hydrogen-bond donors (Lipinski definition) is 1. The second kappa shape index (κ2) is 8.79. The molecule has 1 aliphatic rings. The van der Waals surface area contributed by atoms with Crippen LogP contribution in [-0.4, -0.2) is 55.3 Å². The molecule has 140 valence electrons. The topological polar surface area (TPSA) is 52.7 Å². The van der Waals surface area contributed by atoms with Gasteiger partial charge in [-0.25, -0.2) is 0 Å². The van der Waals surface area contributed by atoms with Crippen molar-refractivity contribution >= 4 is 34.5 Å². The summed E-state index contributed by atoms with van der Waals surface area (Å²) in [7, 11) is 4.05. The van der Waals surface area contributed by atoms with Crippen LogP contribution in [0, 0.1) is 5.92 Å². The third-order valence-corrected chi connectivity index (χ3v) is 6.61. The largest absolute Gasteiger partial charge is 0.354 e. The lowest BCUT2D eigenvalue weighted by Gasteiger charge is -2.32. The molecule has 0 saturated carbocycles. The number of hydrogen-bond acceptors (Lipinski definition) is 5. The number of thiophene rings is 2. The fourth-order valence-electron chi connectivity index (χ4n) is 3.29. The number of nitrogens with zero attached hydrogens (tertiary/aromatic N) is 2. The van der Waals surface area contributed by atoms with Crippen LogP contribution in [0.25, 0.3) is 0 Å². The molecule has 2 atom stereocenters. The van der Waals surface area contributed by atoms with Gasteiger partial charge >= 0.3 is 0 Å². The van der Waals surface area contributed by atoms with Crippen molar-refractivity contribution in [1.29, 1.82) is 0 Å². The number of likely N-dealkylation sites (tertiary alicyclic amines) is 1. The Labute approximate surface area is 162 Å². The second-order valence-corrected chi connectivity index (χ2v) is 8.73. The van der Waals surface area contributed by atoms with Gasteiger partial charge in [-0.05, 0) is 49.8 Å². The fraction of sp³-hybridized carbons (Fsp3) is 0.474. The van der Waals surface area contributed by atoms with E-state index in [-0.39, 0.29) is 23.8 Å². The van der Waals surface area contributed by atoms with Gasteiger partial charge in [0.1, 0.15) is 0 Å². The molecule has 0 aromatic carbocycles. The Morgan fingerprint density at radius 1 is 1.27 bits per heavy atom. The Kier molecular flexibility index (Phi) is 6.45. The minimum absolute atomic E-state index is 0.0438. The van der Waals surface area contributed by atoms with Crippen molar-refractivity contribution in [3.05, 3.63) is 44.8 Å². The summed E-state index contributed by atoms with van der Waals surface area (Å²) < 4.78 is 0. The standard InChI is InChI=1S/C19H25N3O2S2/c1-21(2)15(16-7-4-10-25-16)12-20-18(23)14-6-3-9-22(13-14)19(24)17-8-5-11-26-17/h4-5,7-8,10-11,14-15H,3,6,9,12-13H2,1-2H3,(H,20,23)/t14-,15+/m0/s1. The summed E-state index contributed by atoms with van der Waals surface area (Å²) in [5.41, 5.74) is 0. The minimum Gasteiger partial charge on any atom is -0.354 e. The summed E-state index contributed by atoms with van der Waals surface area (Å²) in [6.07, 6.45) is 1.71. The Balaban J connectivity index is 1.56. The van der Waals surface area contributed by atoms with Crippen LogP contribution in [0.3, 0.4) is 0 Å². The predicted molar refractivity (Wildman–Crippen MR) is 107 cm³/mol. The molecule has 26 heavy (non-hydrogen) atoms. The summed E-state index contributed by atoms with van der Waals surface area (Å²) in [5.74, 6) is -0.0295. The van der Waals surface area contributed by atoms with Gasteiger partial charge in [0.25, 0.3) is 5.91 Å². The van der Waals surface area contributed by atoms with Gasteiger partial charge in [-0.1, -0.05) is 12.1 Å². The summed E-state index contributed by atoms with van der Waals surface area (Å²) in [6.45, 7) is 1.83. The Morgan fingerprint density at radius 3 is 2.69 bits per heavy atom. The molecule has 0 bridgehead atoms. The maximum Gasteiger partial charge on any atom is 0.263 e. The van der Waals surface area contributed by atoms with E-state index in [4.69, 9.17) is 0 Å². The molecule has 0 radical (unpaired) electrons. The first-order chi connectivity index (χ1) is 12.6. The van der Waals surface area contributed by atoms with Crippen molar-refractivity contribution in [2.75, 3.05) is 33.7 Å². The van der Waals surface area contributed by atoms with Crippen LogP contribution in [0.15, 0.2) is 35.0 Å². The molecule has 1 aliphatic heterocycles. The third kappa shape index (κ3) is 4.52. The van der Waals surface area contributed by atoms with Crippen molar-refractivity contribution in [2.24, 2.45) is 5.92 Å². The SMILES string of the molecule is CN(C)[C@H](CNC(=O)[C@H]1CCCN(C(=O)c2cccs2)C1)c1cccs1. The van der Waals surface area contributed by atoms with E-state index in [9.17, 15) is 9.59 Å². The van der Waals surface area contributed by atoms with Crippen LogP contribution in [-0.2, 0) is 4.79 Å². The van der Waals surface area contributed by atoms with Gasteiger partial charge in [0.05, 0.1) is 16.8 Å². The van der Waals surface area contributed by atoms with Crippen LogP contribution < -0.4 is 5.32 Å². The van der Waals surface area contributed by atoms with E-state index < -0.39 is 0 Å². The Bertz CT molecular complexity index is 713. The van der Waals surface area contributed by atoms with Crippen LogP contribution in [0.4, 0.5) is 0 Å². The van der Waals surface area contributed by atoms with Gasteiger partial charge in [-0.3, -0.25) is 9.59 Å². The van der Waals surface area contributed by atoms with E-state index in [0.717, 1.165) is 24.3 Å². The van der Waals surface area contributed by atoms with Crippen LogP contribution >= 0.6 is 22.7 Å². The Morgan fingerprint density at radius 2 is 2.04 bits per heavy atom. The number of amides is 2. The van der Waals surface area contributed by atoms with Gasteiger partial charge < -0.3 is 15.1 Å². The molecule has 2 amide bonds. The van der Waals surface area contributed by atoms with Crippen molar-refractivity contribution < 1.29 is 9.59 Å². The average Bonchev–Trinajstić information content (AvgIpc) is 3.35. The number of carbonyl (C=O) groups excluding carboxylic acids is 2. The molecule has 0 aliphatic carbocycles. The molecule has 0 spiro atoms. The first kappa shape index (κ1) is 19.1. The maximum atomic E-state index is 12.7. The fourth-order valence-corrected chi connectivity index (χ4v) is 4.91. The lowest BCUT2D eigenvalue weighted by atomic mass is 9.96. The quantitative estimate of drug-likeness (QED) is 0.823. The first-order valence-electron chi connectivity index (χ1n) is 8.86. The summed E-state index contributed by atoms with van der Waals surface area (Å²) in [6, 6.07) is 8.04. The van der Waals surface area contributed by atoms with Crippen LogP contribution in [0.5, 0.6) is 0 Å².